The second-order valence-electron chi connectivity index (χ2n) is 7.61. The number of halogens is 1. The molecule has 1 saturated heterocycles. The summed E-state index contributed by atoms with van der Waals surface area (Å²) >= 11 is 3.43. The minimum atomic E-state index is -0.121. The fourth-order valence-corrected chi connectivity index (χ4v) is 3.98. The number of rotatable bonds is 6. The van der Waals surface area contributed by atoms with Gasteiger partial charge in [0.05, 0.1) is 0 Å². The van der Waals surface area contributed by atoms with Crippen molar-refractivity contribution in [2.24, 2.45) is 0 Å². The average Bonchev–Trinajstić information content (AvgIpc) is 3.28. The Balaban J connectivity index is 1.56. The molecule has 4 heteroatoms. The summed E-state index contributed by atoms with van der Waals surface area (Å²) in [6.07, 6.45) is 4.56. The molecule has 0 aliphatic carbocycles. The molecule has 0 atom stereocenters. The molecule has 1 amide bonds. The number of anilines is 1. The van der Waals surface area contributed by atoms with Crippen molar-refractivity contribution in [2.75, 3.05) is 18.4 Å². The van der Waals surface area contributed by atoms with Crippen LogP contribution in [0.15, 0.2) is 83.3 Å². The van der Waals surface area contributed by atoms with E-state index >= 15 is 0 Å². The quantitative estimate of drug-likeness (QED) is 0.349. The van der Waals surface area contributed by atoms with Gasteiger partial charge in [-0.15, -0.1) is 0 Å². The van der Waals surface area contributed by atoms with Crippen molar-refractivity contribution >= 4 is 39.2 Å². The summed E-state index contributed by atoms with van der Waals surface area (Å²) in [4.78, 5) is 15.6. The van der Waals surface area contributed by atoms with Gasteiger partial charge >= 0.3 is 0 Å². The topological polar surface area (TPSA) is 32.3 Å². The summed E-state index contributed by atoms with van der Waals surface area (Å²) in [5.74, 6) is -0.121. The summed E-state index contributed by atoms with van der Waals surface area (Å²) in [5.41, 5.74) is 4.64. The maximum absolute atomic E-state index is 13.1. The first kappa shape index (κ1) is 20.6. The van der Waals surface area contributed by atoms with Crippen LogP contribution < -0.4 is 5.32 Å². The molecule has 1 fully saturated rings. The van der Waals surface area contributed by atoms with Gasteiger partial charge in [-0.3, -0.25) is 9.69 Å². The van der Waals surface area contributed by atoms with Crippen molar-refractivity contribution in [3.05, 3.63) is 100 Å². The summed E-state index contributed by atoms with van der Waals surface area (Å²) < 4.78 is 0.980. The zero-order valence-corrected chi connectivity index (χ0v) is 18.4. The number of nitrogens with zero attached hydrogens (tertiary/aromatic N) is 1. The summed E-state index contributed by atoms with van der Waals surface area (Å²) in [6.45, 7) is 3.38. The van der Waals surface area contributed by atoms with Gasteiger partial charge in [0, 0.05) is 22.3 Å². The van der Waals surface area contributed by atoms with E-state index in [2.05, 4.69) is 50.4 Å². The third-order valence-corrected chi connectivity index (χ3v) is 5.86. The van der Waals surface area contributed by atoms with Crippen LogP contribution in [0.2, 0.25) is 0 Å². The lowest BCUT2D eigenvalue weighted by Crippen LogP contribution is -2.18. The van der Waals surface area contributed by atoms with Crippen LogP contribution in [0.5, 0.6) is 0 Å². The van der Waals surface area contributed by atoms with Gasteiger partial charge in [-0.1, -0.05) is 70.5 Å². The second-order valence-corrected chi connectivity index (χ2v) is 8.53. The van der Waals surface area contributed by atoms with Gasteiger partial charge in [-0.25, -0.2) is 0 Å². The molecular weight excluding hydrogens is 436 g/mol. The normalized spacial score (nSPS) is 14.6. The first-order chi connectivity index (χ1) is 14.7. The molecule has 1 heterocycles. The molecule has 4 rings (SSSR count). The number of carbonyl (C=O) groups is 1. The van der Waals surface area contributed by atoms with Gasteiger partial charge in [0.1, 0.15) is 0 Å². The van der Waals surface area contributed by atoms with Gasteiger partial charge in [-0.2, -0.15) is 0 Å². The molecule has 3 nitrogen and oxygen atoms in total. The number of hydrogen-bond donors (Lipinski definition) is 1. The first-order valence-corrected chi connectivity index (χ1v) is 11.1. The third-order valence-electron chi connectivity index (χ3n) is 5.33. The van der Waals surface area contributed by atoms with E-state index in [1.165, 1.54) is 31.5 Å². The molecule has 3 aromatic carbocycles. The Morgan fingerprint density at radius 1 is 0.900 bits per heavy atom. The van der Waals surface area contributed by atoms with E-state index in [1.807, 2.05) is 60.7 Å². The van der Waals surface area contributed by atoms with E-state index in [4.69, 9.17) is 0 Å². The van der Waals surface area contributed by atoms with Crippen LogP contribution in [0.3, 0.4) is 0 Å². The third kappa shape index (κ3) is 5.47. The monoisotopic (exact) mass is 460 g/mol. The molecule has 152 valence electrons. The Hall–Kier alpha value is -2.69. The zero-order valence-electron chi connectivity index (χ0n) is 16.9. The van der Waals surface area contributed by atoms with E-state index < -0.39 is 0 Å². The van der Waals surface area contributed by atoms with Crippen LogP contribution in [0, 0.1) is 0 Å². The van der Waals surface area contributed by atoms with Crippen molar-refractivity contribution in [1.29, 1.82) is 0 Å². The standard InChI is InChI=1S/C26H25BrN2O/c27-23-12-14-24(15-13-23)28-26(30)25(22-6-2-1-3-7-22)18-20-8-10-21(11-9-20)19-29-16-4-5-17-29/h1-3,6-15,18H,4-5,16-17,19H2,(H,28,30)/b25-18+. The number of likely N-dealkylation sites (tertiary alicyclic amines) is 1. The molecular formula is C26H25BrN2O. The van der Waals surface area contributed by atoms with Gasteiger partial charge < -0.3 is 5.32 Å². The van der Waals surface area contributed by atoms with E-state index in [1.54, 1.807) is 0 Å². The van der Waals surface area contributed by atoms with Gasteiger partial charge in [0.25, 0.3) is 5.91 Å². The predicted molar refractivity (Wildman–Crippen MR) is 128 cm³/mol. The highest BCUT2D eigenvalue weighted by Crippen LogP contribution is 2.22. The minimum Gasteiger partial charge on any atom is -0.322 e. The Kier molecular flexibility index (Phi) is 6.77. The fraction of sp³-hybridized carbons (Fsp3) is 0.192. The lowest BCUT2D eigenvalue weighted by Gasteiger charge is -2.14. The van der Waals surface area contributed by atoms with Gasteiger partial charge in [0.15, 0.2) is 0 Å². The molecule has 3 aromatic rings. The van der Waals surface area contributed by atoms with Crippen molar-refractivity contribution in [3.63, 3.8) is 0 Å². The van der Waals surface area contributed by atoms with Crippen molar-refractivity contribution < 1.29 is 4.79 Å². The van der Waals surface area contributed by atoms with Gasteiger partial charge in [0.2, 0.25) is 0 Å². The lowest BCUT2D eigenvalue weighted by molar-refractivity contribution is -0.111. The van der Waals surface area contributed by atoms with E-state index in [0.717, 1.165) is 27.8 Å². The molecule has 0 saturated carbocycles. The molecule has 0 bridgehead atoms. The maximum atomic E-state index is 13.1. The largest absolute Gasteiger partial charge is 0.322 e. The highest BCUT2D eigenvalue weighted by atomic mass is 79.9. The van der Waals surface area contributed by atoms with Crippen LogP contribution in [0.1, 0.15) is 29.5 Å². The van der Waals surface area contributed by atoms with Crippen molar-refractivity contribution in [1.82, 2.24) is 4.90 Å². The Bertz CT molecular complexity index is 1010. The molecule has 0 aromatic heterocycles. The first-order valence-electron chi connectivity index (χ1n) is 10.3. The zero-order chi connectivity index (χ0) is 20.8. The summed E-state index contributed by atoms with van der Waals surface area (Å²) in [5, 5.41) is 3.01. The van der Waals surface area contributed by atoms with E-state index in [0.29, 0.717) is 5.57 Å². The number of nitrogens with one attached hydrogen (secondary N) is 1. The summed E-state index contributed by atoms with van der Waals surface area (Å²) in [6, 6.07) is 25.9. The minimum absolute atomic E-state index is 0.121. The molecule has 0 spiro atoms. The smallest absolute Gasteiger partial charge is 0.256 e. The Morgan fingerprint density at radius 2 is 1.57 bits per heavy atom. The van der Waals surface area contributed by atoms with E-state index in [9.17, 15) is 4.79 Å². The second kappa shape index (κ2) is 9.88. The lowest BCUT2D eigenvalue weighted by atomic mass is 10.0. The SMILES string of the molecule is O=C(Nc1ccc(Br)cc1)/C(=C/c1ccc(CN2CCCC2)cc1)c1ccccc1. The van der Waals surface area contributed by atoms with Crippen LogP contribution in [-0.2, 0) is 11.3 Å². The number of benzene rings is 3. The number of carbonyl (C=O) groups excluding carboxylic acids is 1. The number of amides is 1. The molecule has 1 aliphatic rings. The highest BCUT2D eigenvalue weighted by Gasteiger charge is 2.14. The number of hydrogen-bond acceptors (Lipinski definition) is 2. The average molecular weight is 461 g/mol. The fourth-order valence-electron chi connectivity index (χ4n) is 3.71. The van der Waals surface area contributed by atoms with Crippen LogP contribution in [0.25, 0.3) is 11.6 Å². The molecule has 0 unspecified atom stereocenters. The highest BCUT2D eigenvalue weighted by molar-refractivity contribution is 9.10. The molecule has 1 aliphatic heterocycles. The summed E-state index contributed by atoms with van der Waals surface area (Å²) in [7, 11) is 0. The predicted octanol–water partition coefficient (Wildman–Crippen LogP) is 6.22. The molecule has 30 heavy (non-hydrogen) atoms. The van der Waals surface area contributed by atoms with Crippen LogP contribution in [-0.4, -0.2) is 23.9 Å². The van der Waals surface area contributed by atoms with E-state index in [-0.39, 0.29) is 5.91 Å². The van der Waals surface area contributed by atoms with Crippen LogP contribution >= 0.6 is 15.9 Å². The van der Waals surface area contributed by atoms with Crippen LogP contribution in [0.4, 0.5) is 5.69 Å². The van der Waals surface area contributed by atoms with Crippen molar-refractivity contribution in [3.8, 4) is 0 Å². The Labute approximate surface area is 186 Å². The van der Waals surface area contributed by atoms with Gasteiger partial charge in [-0.05, 0) is 73.0 Å². The maximum Gasteiger partial charge on any atom is 0.256 e. The van der Waals surface area contributed by atoms with Crippen molar-refractivity contribution in [2.45, 2.75) is 19.4 Å². The molecule has 0 radical (unpaired) electrons. The Morgan fingerprint density at radius 3 is 2.23 bits per heavy atom. The molecule has 1 N–H and O–H groups in total.